The number of benzene rings is 2. The molecule has 0 spiro atoms. The predicted octanol–water partition coefficient (Wildman–Crippen LogP) is 5.65. The fourth-order valence-electron chi connectivity index (χ4n) is 3.03. The molecule has 4 aromatic rings. The number of anilines is 3. The van der Waals surface area contributed by atoms with Crippen LogP contribution < -0.4 is 21.5 Å². The van der Waals surface area contributed by atoms with Crippen LogP contribution in [0.2, 0.25) is 5.02 Å². The second-order valence-corrected chi connectivity index (χ2v) is 8.08. The molecule has 0 amide bonds. The summed E-state index contributed by atoms with van der Waals surface area (Å²) in [5.41, 5.74) is -1.84. The normalized spacial score (nSPS) is 12.2. The SMILES string of the molecule is O=c1c(NCc2ccc(-c3noc(C(F)(F)Cl)n3)cc2)c(Nc2ccc(C(F)(F)F)cc2Cl)c1=O. The molecule has 0 aliphatic rings. The van der Waals surface area contributed by atoms with Crippen molar-refractivity contribution < 1.29 is 26.5 Å². The van der Waals surface area contributed by atoms with Gasteiger partial charge in [-0.05, 0) is 35.4 Å². The lowest BCUT2D eigenvalue weighted by Gasteiger charge is -2.16. The number of halogens is 7. The van der Waals surface area contributed by atoms with E-state index >= 15 is 0 Å². The molecule has 0 aliphatic carbocycles. The van der Waals surface area contributed by atoms with Gasteiger partial charge in [-0.15, -0.1) is 0 Å². The van der Waals surface area contributed by atoms with Gasteiger partial charge in [-0.2, -0.15) is 26.9 Å². The van der Waals surface area contributed by atoms with E-state index in [1.807, 2.05) is 0 Å². The fourth-order valence-corrected chi connectivity index (χ4v) is 3.33. The van der Waals surface area contributed by atoms with Crippen LogP contribution in [0, 0.1) is 0 Å². The van der Waals surface area contributed by atoms with E-state index in [9.17, 15) is 31.5 Å². The molecule has 35 heavy (non-hydrogen) atoms. The van der Waals surface area contributed by atoms with E-state index in [2.05, 4.69) is 25.3 Å². The molecule has 4 rings (SSSR count). The van der Waals surface area contributed by atoms with Crippen molar-refractivity contribution in [2.45, 2.75) is 18.1 Å². The van der Waals surface area contributed by atoms with Gasteiger partial charge in [0.05, 0.1) is 16.3 Å². The zero-order valence-electron chi connectivity index (χ0n) is 17.0. The van der Waals surface area contributed by atoms with Crippen LogP contribution in [-0.4, -0.2) is 10.1 Å². The third kappa shape index (κ3) is 5.13. The van der Waals surface area contributed by atoms with Gasteiger partial charge in [-0.25, -0.2) is 0 Å². The van der Waals surface area contributed by atoms with Crippen molar-refractivity contribution in [1.29, 1.82) is 0 Å². The van der Waals surface area contributed by atoms with Gasteiger partial charge in [0.25, 0.3) is 10.9 Å². The Labute approximate surface area is 202 Å². The summed E-state index contributed by atoms with van der Waals surface area (Å²) in [4.78, 5) is 27.5. The molecule has 0 radical (unpaired) electrons. The van der Waals surface area contributed by atoms with Crippen LogP contribution in [0.1, 0.15) is 17.0 Å². The maximum absolute atomic E-state index is 13.0. The Morgan fingerprint density at radius 1 is 0.943 bits per heavy atom. The zero-order valence-corrected chi connectivity index (χ0v) is 18.5. The number of alkyl halides is 6. The van der Waals surface area contributed by atoms with Gasteiger partial charge < -0.3 is 15.2 Å². The number of nitrogens with one attached hydrogen (secondary N) is 2. The lowest BCUT2D eigenvalue weighted by molar-refractivity contribution is -0.137. The lowest BCUT2D eigenvalue weighted by atomic mass is 10.1. The molecular weight excluding hydrogens is 522 g/mol. The van der Waals surface area contributed by atoms with Crippen molar-refractivity contribution in [3.05, 3.63) is 85.0 Å². The van der Waals surface area contributed by atoms with Crippen LogP contribution in [0.25, 0.3) is 11.4 Å². The summed E-state index contributed by atoms with van der Waals surface area (Å²) in [6, 6.07) is 8.74. The molecule has 14 heteroatoms. The first-order valence-electron chi connectivity index (χ1n) is 9.56. The summed E-state index contributed by atoms with van der Waals surface area (Å²) in [7, 11) is 0. The number of rotatable bonds is 7. The van der Waals surface area contributed by atoms with E-state index in [-0.39, 0.29) is 34.5 Å². The van der Waals surface area contributed by atoms with E-state index in [4.69, 9.17) is 23.2 Å². The second kappa shape index (κ2) is 8.93. The number of hydrogen-bond donors (Lipinski definition) is 2. The Balaban J connectivity index is 1.45. The Morgan fingerprint density at radius 3 is 2.17 bits per heavy atom. The quantitative estimate of drug-likeness (QED) is 0.180. The summed E-state index contributed by atoms with van der Waals surface area (Å²) in [5.74, 6) is -1.16. The van der Waals surface area contributed by atoms with Crippen molar-refractivity contribution in [3.63, 3.8) is 0 Å². The molecule has 0 aliphatic heterocycles. The number of hydrogen-bond acceptors (Lipinski definition) is 7. The molecule has 0 unspecified atom stereocenters. The first kappa shape index (κ1) is 24.6. The Bertz CT molecular complexity index is 1460. The highest BCUT2D eigenvalue weighted by atomic mass is 35.5. The maximum atomic E-state index is 13.0. The van der Waals surface area contributed by atoms with Gasteiger partial charge >= 0.3 is 17.4 Å². The third-order valence-corrected chi connectivity index (χ3v) is 5.29. The zero-order chi connectivity index (χ0) is 25.5. The highest BCUT2D eigenvalue weighted by Crippen LogP contribution is 2.35. The first-order chi connectivity index (χ1) is 16.3. The fraction of sp³-hybridized carbons (Fsp3) is 0.143. The summed E-state index contributed by atoms with van der Waals surface area (Å²) in [6.07, 6.45) is -4.59. The van der Waals surface area contributed by atoms with Crippen LogP contribution in [0.5, 0.6) is 0 Å². The standard InChI is InChI=1S/C21H11Cl2F5N4O3/c22-12-7-11(21(26,27)28)5-6-13(12)30-15-14(16(33)17(15)34)29-8-9-1-3-10(4-2-9)18-31-19(35-32-18)20(23,24)25/h1-7,29-30H,8H2. The van der Waals surface area contributed by atoms with E-state index < -0.39 is 33.9 Å². The molecule has 1 aromatic heterocycles. The largest absolute Gasteiger partial charge is 0.416 e. The van der Waals surface area contributed by atoms with Gasteiger partial charge in [0.1, 0.15) is 11.4 Å². The van der Waals surface area contributed by atoms with Gasteiger partial charge in [-0.3, -0.25) is 9.59 Å². The van der Waals surface area contributed by atoms with Crippen LogP contribution in [-0.2, 0) is 18.1 Å². The van der Waals surface area contributed by atoms with Gasteiger partial charge in [0, 0.05) is 12.1 Å². The Morgan fingerprint density at radius 2 is 1.60 bits per heavy atom. The minimum absolute atomic E-state index is 0.0150. The first-order valence-corrected chi connectivity index (χ1v) is 10.3. The average molecular weight is 533 g/mol. The van der Waals surface area contributed by atoms with E-state index in [1.54, 1.807) is 12.1 Å². The van der Waals surface area contributed by atoms with Gasteiger partial charge in [0.2, 0.25) is 5.82 Å². The lowest BCUT2D eigenvalue weighted by Crippen LogP contribution is -2.36. The molecule has 2 N–H and O–H groups in total. The topological polar surface area (TPSA) is 97.1 Å². The molecule has 0 bridgehead atoms. The highest BCUT2D eigenvalue weighted by Gasteiger charge is 2.35. The molecule has 0 saturated carbocycles. The third-order valence-electron chi connectivity index (χ3n) is 4.82. The number of aromatic nitrogens is 2. The average Bonchev–Trinajstić information content (AvgIpc) is 3.30. The van der Waals surface area contributed by atoms with Crippen molar-refractivity contribution >= 4 is 40.3 Å². The van der Waals surface area contributed by atoms with E-state index in [0.717, 1.165) is 12.1 Å². The van der Waals surface area contributed by atoms with Crippen molar-refractivity contribution in [1.82, 2.24) is 10.1 Å². The molecule has 0 fully saturated rings. The summed E-state index contributed by atoms with van der Waals surface area (Å²) in [5, 5.41) is 4.72. The summed E-state index contributed by atoms with van der Waals surface area (Å²) >= 11 is 10.7. The van der Waals surface area contributed by atoms with Gasteiger partial charge in [-0.1, -0.05) is 41.0 Å². The van der Waals surface area contributed by atoms with Crippen molar-refractivity contribution in [3.8, 4) is 11.4 Å². The minimum atomic E-state index is -4.59. The predicted molar refractivity (Wildman–Crippen MR) is 118 cm³/mol. The Kier molecular flexibility index (Phi) is 6.28. The molecule has 0 atom stereocenters. The van der Waals surface area contributed by atoms with Crippen LogP contribution in [0.4, 0.5) is 39.0 Å². The summed E-state index contributed by atoms with van der Waals surface area (Å²) < 4.78 is 68.9. The highest BCUT2D eigenvalue weighted by molar-refractivity contribution is 6.33. The van der Waals surface area contributed by atoms with Crippen LogP contribution in [0.3, 0.4) is 0 Å². The van der Waals surface area contributed by atoms with Crippen molar-refractivity contribution in [2.75, 3.05) is 10.6 Å². The molecule has 182 valence electrons. The molecule has 3 aromatic carbocycles. The van der Waals surface area contributed by atoms with Crippen molar-refractivity contribution in [2.24, 2.45) is 0 Å². The maximum Gasteiger partial charge on any atom is 0.416 e. The number of nitrogens with zero attached hydrogens (tertiary/aromatic N) is 2. The molecule has 1 heterocycles. The van der Waals surface area contributed by atoms with E-state index in [0.29, 0.717) is 17.2 Å². The molecule has 7 nitrogen and oxygen atoms in total. The summed E-state index contributed by atoms with van der Waals surface area (Å²) in [6.45, 7) is 0.0812. The molecule has 0 saturated heterocycles. The van der Waals surface area contributed by atoms with Gasteiger partial charge in [0.15, 0.2) is 0 Å². The smallest absolute Gasteiger partial charge is 0.376 e. The second-order valence-electron chi connectivity index (χ2n) is 7.20. The minimum Gasteiger partial charge on any atom is -0.376 e. The van der Waals surface area contributed by atoms with Crippen LogP contribution in [0.15, 0.2) is 56.6 Å². The van der Waals surface area contributed by atoms with E-state index in [1.165, 1.54) is 12.1 Å². The monoisotopic (exact) mass is 532 g/mol. The Hall–Kier alpha value is -3.51. The van der Waals surface area contributed by atoms with Crippen LogP contribution >= 0.6 is 23.2 Å². The molecular formula is C21H11Cl2F5N4O3.